The lowest BCUT2D eigenvalue weighted by Gasteiger charge is -2.09. The van der Waals surface area contributed by atoms with Crippen molar-refractivity contribution in [2.75, 3.05) is 13.9 Å². The number of benzene rings is 1. The molecule has 1 aliphatic heterocycles. The fourth-order valence-corrected chi connectivity index (χ4v) is 1.65. The Morgan fingerprint density at radius 3 is 2.93 bits per heavy atom. The summed E-state index contributed by atoms with van der Waals surface area (Å²) in [4.78, 5) is 11.4. The fraction of sp³-hybridized carbons (Fsp3) is 0.364. The second kappa shape index (κ2) is 3.90. The number of carbonyl (C=O) groups excluding carboxylic acids is 1. The van der Waals surface area contributed by atoms with Crippen LogP contribution in [0.25, 0.3) is 0 Å². The summed E-state index contributed by atoms with van der Waals surface area (Å²) in [5.74, 6) is 1.30. The van der Waals surface area contributed by atoms with Gasteiger partial charge < -0.3 is 14.2 Å². The smallest absolute Gasteiger partial charge is 0.231 e. The van der Waals surface area contributed by atoms with Crippen LogP contribution in [0.15, 0.2) is 12.1 Å². The first-order valence-electron chi connectivity index (χ1n) is 4.65. The van der Waals surface area contributed by atoms with Crippen LogP contribution in [0.2, 0.25) is 0 Å². The average Bonchev–Trinajstić information content (AvgIpc) is 2.66. The van der Waals surface area contributed by atoms with E-state index in [9.17, 15) is 4.79 Å². The van der Waals surface area contributed by atoms with Crippen LogP contribution >= 0.6 is 0 Å². The molecule has 2 rings (SSSR count). The number of rotatable bonds is 3. The predicted molar refractivity (Wildman–Crippen MR) is 53.3 cm³/mol. The molecule has 0 amide bonds. The third-order valence-electron chi connectivity index (χ3n) is 2.31. The molecule has 0 bridgehead atoms. The van der Waals surface area contributed by atoms with E-state index in [1.54, 1.807) is 19.2 Å². The Morgan fingerprint density at radius 2 is 2.27 bits per heavy atom. The van der Waals surface area contributed by atoms with Gasteiger partial charge in [0.15, 0.2) is 17.3 Å². The standard InChI is InChI=1S/C11H12O4/c1-7(12)8-3-4-10-11(15-6-14-10)9(8)5-13-2/h3-4H,5-6H2,1-2H3. The first kappa shape index (κ1) is 9.98. The van der Waals surface area contributed by atoms with Gasteiger partial charge in [0, 0.05) is 18.2 Å². The van der Waals surface area contributed by atoms with E-state index in [1.807, 2.05) is 0 Å². The van der Waals surface area contributed by atoms with Gasteiger partial charge in [-0.3, -0.25) is 4.79 Å². The van der Waals surface area contributed by atoms with Crippen LogP contribution in [0.3, 0.4) is 0 Å². The highest BCUT2D eigenvalue weighted by Gasteiger charge is 2.22. The van der Waals surface area contributed by atoms with E-state index in [0.29, 0.717) is 23.7 Å². The molecule has 1 aromatic rings. The highest BCUT2D eigenvalue weighted by Crippen LogP contribution is 2.37. The first-order valence-corrected chi connectivity index (χ1v) is 4.65. The molecule has 0 saturated carbocycles. The van der Waals surface area contributed by atoms with Crippen LogP contribution in [0.1, 0.15) is 22.8 Å². The number of ketones is 1. The maximum atomic E-state index is 11.4. The summed E-state index contributed by atoms with van der Waals surface area (Å²) in [7, 11) is 1.58. The summed E-state index contributed by atoms with van der Waals surface area (Å²) in [5.41, 5.74) is 1.39. The van der Waals surface area contributed by atoms with Crippen molar-refractivity contribution in [3.63, 3.8) is 0 Å². The maximum absolute atomic E-state index is 11.4. The van der Waals surface area contributed by atoms with Gasteiger partial charge in [-0.15, -0.1) is 0 Å². The second-order valence-electron chi connectivity index (χ2n) is 3.31. The molecule has 0 aromatic heterocycles. The van der Waals surface area contributed by atoms with Gasteiger partial charge in [-0.1, -0.05) is 0 Å². The number of Topliss-reactive ketones (excluding diaryl/α,β-unsaturated/α-hetero) is 1. The molecule has 4 nitrogen and oxygen atoms in total. The van der Waals surface area contributed by atoms with E-state index in [-0.39, 0.29) is 12.6 Å². The van der Waals surface area contributed by atoms with Gasteiger partial charge in [-0.25, -0.2) is 0 Å². The van der Waals surface area contributed by atoms with E-state index in [2.05, 4.69) is 0 Å². The molecule has 15 heavy (non-hydrogen) atoms. The zero-order chi connectivity index (χ0) is 10.8. The van der Waals surface area contributed by atoms with Crippen molar-refractivity contribution in [3.8, 4) is 11.5 Å². The molecule has 0 aliphatic carbocycles. The highest BCUT2D eigenvalue weighted by atomic mass is 16.7. The van der Waals surface area contributed by atoms with Gasteiger partial charge in [0.25, 0.3) is 0 Å². The minimum Gasteiger partial charge on any atom is -0.454 e. The molecule has 0 atom stereocenters. The predicted octanol–water partition coefficient (Wildman–Crippen LogP) is 1.76. The molecule has 4 heteroatoms. The Kier molecular flexibility index (Phi) is 2.60. The van der Waals surface area contributed by atoms with E-state index in [1.165, 1.54) is 6.92 Å². The highest BCUT2D eigenvalue weighted by molar-refractivity contribution is 5.96. The summed E-state index contributed by atoms with van der Waals surface area (Å²) in [6.07, 6.45) is 0. The third-order valence-corrected chi connectivity index (χ3v) is 2.31. The SMILES string of the molecule is COCc1c(C(C)=O)ccc2c1OCO2. The largest absolute Gasteiger partial charge is 0.454 e. The normalized spacial score (nSPS) is 12.9. The lowest BCUT2D eigenvalue weighted by Crippen LogP contribution is -2.02. The monoisotopic (exact) mass is 208 g/mol. The first-order chi connectivity index (χ1) is 7.24. The Hall–Kier alpha value is -1.55. The summed E-state index contributed by atoms with van der Waals surface area (Å²) < 4.78 is 15.6. The summed E-state index contributed by atoms with van der Waals surface area (Å²) >= 11 is 0. The van der Waals surface area contributed by atoms with Gasteiger partial charge in [0.05, 0.1) is 6.61 Å². The van der Waals surface area contributed by atoms with Gasteiger partial charge in [0.1, 0.15) is 0 Å². The fourth-order valence-electron chi connectivity index (χ4n) is 1.65. The lowest BCUT2D eigenvalue weighted by molar-refractivity contribution is 0.101. The van der Waals surface area contributed by atoms with Gasteiger partial charge in [-0.05, 0) is 19.1 Å². The zero-order valence-corrected chi connectivity index (χ0v) is 8.70. The van der Waals surface area contributed by atoms with E-state index < -0.39 is 0 Å². The van der Waals surface area contributed by atoms with Crippen molar-refractivity contribution in [1.29, 1.82) is 0 Å². The lowest BCUT2D eigenvalue weighted by atomic mass is 10.0. The minimum absolute atomic E-state index is 0.000324. The third kappa shape index (κ3) is 1.68. The van der Waals surface area contributed by atoms with Crippen LogP contribution in [-0.2, 0) is 11.3 Å². The maximum Gasteiger partial charge on any atom is 0.231 e. The Bertz CT molecular complexity index is 398. The van der Waals surface area contributed by atoms with Crippen molar-refractivity contribution < 1.29 is 19.0 Å². The number of ether oxygens (including phenoxy) is 3. The molecule has 0 saturated heterocycles. The number of methoxy groups -OCH3 is 1. The van der Waals surface area contributed by atoms with Crippen LogP contribution in [0.4, 0.5) is 0 Å². The average molecular weight is 208 g/mol. The van der Waals surface area contributed by atoms with Crippen molar-refractivity contribution in [2.24, 2.45) is 0 Å². The van der Waals surface area contributed by atoms with E-state index in [0.717, 1.165) is 5.56 Å². The van der Waals surface area contributed by atoms with Gasteiger partial charge >= 0.3 is 0 Å². The molecule has 0 spiro atoms. The molecule has 80 valence electrons. The van der Waals surface area contributed by atoms with Crippen LogP contribution in [0.5, 0.6) is 11.5 Å². The summed E-state index contributed by atoms with van der Waals surface area (Å²) in [6, 6.07) is 3.49. The van der Waals surface area contributed by atoms with Gasteiger partial charge in [-0.2, -0.15) is 0 Å². The molecule has 1 heterocycles. The van der Waals surface area contributed by atoms with Gasteiger partial charge in [0.2, 0.25) is 6.79 Å². The second-order valence-corrected chi connectivity index (χ2v) is 3.31. The molecule has 0 fully saturated rings. The van der Waals surface area contributed by atoms with Crippen molar-refractivity contribution >= 4 is 5.78 Å². The molecule has 1 aliphatic rings. The molecular formula is C11H12O4. The zero-order valence-electron chi connectivity index (χ0n) is 8.70. The van der Waals surface area contributed by atoms with E-state index in [4.69, 9.17) is 14.2 Å². The number of hydrogen-bond donors (Lipinski definition) is 0. The Labute approximate surface area is 87.8 Å². The molecular weight excluding hydrogens is 196 g/mol. The Morgan fingerprint density at radius 1 is 1.47 bits per heavy atom. The summed E-state index contributed by atoms with van der Waals surface area (Å²) in [6.45, 7) is 2.07. The Balaban J connectivity index is 2.52. The minimum atomic E-state index is 0.000324. The number of hydrogen-bond acceptors (Lipinski definition) is 4. The quantitative estimate of drug-likeness (QED) is 0.710. The molecule has 0 N–H and O–H groups in total. The molecule has 1 aromatic carbocycles. The topological polar surface area (TPSA) is 44.8 Å². The van der Waals surface area contributed by atoms with Crippen molar-refractivity contribution in [3.05, 3.63) is 23.3 Å². The number of fused-ring (bicyclic) bond motifs is 1. The van der Waals surface area contributed by atoms with Crippen molar-refractivity contribution in [2.45, 2.75) is 13.5 Å². The molecule has 0 unspecified atom stereocenters. The van der Waals surface area contributed by atoms with Crippen LogP contribution in [-0.4, -0.2) is 19.7 Å². The van der Waals surface area contributed by atoms with Crippen LogP contribution < -0.4 is 9.47 Å². The number of carbonyl (C=O) groups is 1. The van der Waals surface area contributed by atoms with E-state index >= 15 is 0 Å². The van der Waals surface area contributed by atoms with Crippen LogP contribution in [0, 0.1) is 0 Å². The molecule has 0 radical (unpaired) electrons. The van der Waals surface area contributed by atoms with Crippen molar-refractivity contribution in [1.82, 2.24) is 0 Å². The summed E-state index contributed by atoms with van der Waals surface area (Å²) in [5, 5.41) is 0.